The van der Waals surface area contributed by atoms with Crippen LogP contribution in [0.25, 0.3) is 11.1 Å². The number of aldehydes is 1. The van der Waals surface area contributed by atoms with Crippen LogP contribution in [0.15, 0.2) is 101 Å². The molecule has 3 aromatic rings. The van der Waals surface area contributed by atoms with E-state index in [2.05, 4.69) is 12.1 Å². The quantitative estimate of drug-likeness (QED) is 0.337. The monoisotopic (exact) mass is 424 g/mol. The zero-order valence-corrected chi connectivity index (χ0v) is 17.3. The lowest BCUT2D eigenvalue weighted by molar-refractivity contribution is -0.136. The van der Waals surface area contributed by atoms with Crippen molar-refractivity contribution in [3.05, 3.63) is 101 Å². The maximum atomic E-state index is 10.5. The summed E-state index contributed by atoms with van der Waals surface area (Å²) in [6.45, 7) is 0. The van der Waals surface area contributed by atoms with Gasteiger partial charge in [-0.3, -0.25) is 4.79 Å². The van der Waals surface area contributed by atoms with Crippen LogP contribution in [-0.2, 0) is 9.59 Å². The molecular formula is C24H21ClO3S. The average molecular weight is 425 g/mol. The van der Waals surface area contributed by atoms with Crippen molar-refractivity contribution in [2.24, 2.45) is 0 Å². The van der Waals surface area contributed by atoms with E-state index in [1.807, 2.05) is 72.8 Å². The van der Waals surface area contributed by atoms with Gasteiger partial charge in [-0.1, -0.05) is 84.0 Å². The summed E-state index contributed by atoms with van der Waals surface area (Å²) < 4.78 is 0. The highest BCUT2D eigenvalue weighted by molar-refractivity contribution is 8.02. The first-order valence-electron chi connectivity index (χ1n) is 8.94. The van der Waals surface area contributed by atoms with E-state index in [-0.39, 0.29) is 12.8 Å². The molecule has 5 heteroatoms. The minimum atomic E-state index is -0.915. The number of aliphatic carboxylic acids is 1. The number of carbonyl (C=O) groups excluding carboxylic acids is 1. The molecule has 29 heavy (non-hydrogen) atoms. The summed E-state index contributed by atoms with van der Waals surface area (Å²) in [6.07, 6.45) is 0.811. The third-order valence-corrected chi connectivity index (χ3v) is 5.03. The maximum Gasteiger partial charge on any atom is 0.307 e. The Hall–Kier alpha value is -2.82. The Morgan fingerprint density at radius 3 is 1.97 bits per heavy atom. The Kier molecular flexibility index (Phi) is 9.76. The molecule has 1 N–H and O–H groups in total. The molecule has 0 unspecified atom stereocenters. The number of carbonyl (C=O) groups is 2. The predicted molar refractivity (Wildman–Crippen MR) is 120 cm³/mol. The zero-order chi connectivity index (χ0) is 20.9. The average Bonchev–Trinajstić information content (AvgIpc) is 2.74. The van der Waals surface area contributed by atoms with Crippen LogP contribution in [-0.4, -0.2) is 17.4 Å². The van der Waals surface area contributed by atoms with E-state index in [1.165, 1.54) is 22.9 Å². The molecule has 0 amide bonds. The highest BCUT2D eigenvalue weighted by Crippen LogP contribution is 2.22. The molecule has 0 fully saturated rings. The molecule has 0 radical (unpaired) electrons. The predicted octanol–water partition coefficient (Wildman–Crippen LogP) is 6.73. The Morgan fingerprint density at radius 2 is 1.41 bits per heavy atom. The second-order valence-corrected chi connectivity index (χ2v) is 7.40. The van der Waals surface area contributed by atoms with Gasteiger partial charge in [0.1, 0.15) is 6.29 Å². The van der Waals surface area contributed by atoms with Gasteiger partial charge in [-0.05, 0) is 46.4 Å². The number of rotatable bonds is 7. The van der Waals surface area contributed by atoms with Crippen molar-refractivity contribution in [2.45, 2.75) is 17.7 Å². The molecule has 3 rings (SSSR count). The van der Waals surface area contributed by atoms with E-state index >= 15 is 0 Å². The Bertz CT molecular complexity index is 923. The number of hydrogen-bond acceptors (Lipinski definition) is 3. The minimum Gasteiger partial charge on any atom is -0.481 e. The van der Waals surface area contributed by atoms with Crippen molar-refractivity contribution in [3.63, 3.8) is 0 Å². The van der Waals surface area contributed by atoms with Gasteiger partial charge in [-0.25, -0.2) is 0 Å². The van der Waals surface area contributed by atoms with Crippen LogP contribution >= 0.6 is 23.4 Å². The van der Waals surface area contributed by atoms with E-state index in [0.29, 0.717) is 5.57 Å². The number of thioether (sulfide) groups is 1. The van der Waals surface area contributed by atoms with Crippen LogP contribution in [0.4, 0.5) is 0 Å². The van der Waals surface area contributed by atoms with E-state index in [9.17, 15) is 9.59 Å². The van der Waals surface area contributed by atoms with Crippen molar-refractivity contribution < 1.29 is 14.7 Å². The molecule has 0 spiro atoms. The maximum absolute atomic E-state index is 10.5. The van der Waals surface area contributed by atoms with Crippen molar-refractivity contribution in [1.82, 2.24) is 0 Å². The molecule has 3 nitrogen and oxygen atoms in total. The van der Waals surface area contributed by atoms with Gasteiger partial charge in [0.05, 0.1) is 6.42 Å². The molecule has 0 saturated heterocycles. The first kappa shape index (κ1) is 22.5. The van der Waals surface area contributed by atoms with E-state index in [4.69, 9.17) is 16.7 Å². The van der Waals surface area contributed by atoms with Crippen LogP contribution in [0.5, 0.6) is 0 Å². The summed E-state index contributed by atoms with van der Waals surface area (Å²) in [5.41, 5.74) is 3.04. The summed E-state index contributed by atoms with van der Waals surface area (Å²) >= 11 is 7.23. The zero-order valence-electron chi connectivity index (χ0n) is 15.7. The van der Waals surface area contributed by atoms with Crippen molar-refractivity contribution in [2.75, 3.05) is 0 Å². The molecule has 0 aliphatic rings. The molecule has 0 bridgehead atoms. The Labute approximate surface area is 180 Å². The van der Waals surface area contributed by atoms with Crippen LogP contribution in [0.3, 0.4) is 0 Å². The number of benzene rings is 3. The third kappa shape index (κ3) is 8.81. The second kappa shape index (κ2) is 12.6. The van der Waals surface area contributed by atoms with Crippen LogP contribution in [0.1, 0.15) is 12.8 Å². The summed E-state index contributed by atoms with van der Waals surface area (Å²) in [5, 5.41) is 11.2. The molecule has 3 aromatic carbocycles. The Balaban J connectivity index is 0.000000211. The van der Waals surface area contributed by atoms with Crippen LogP contribution in [0.2, 0.25) is 5.02 Å². The van der Waals surface area contributed by atoms with E-state index in [1.54, 1.807) is 5.41 Å². The van der Waals surface area contributed by atoms with Gasteiger partial charge in [0.15, 0.2) is 0 Å². The largest absolute Gasteiger partial charge is 0.481 e. The summed E-state index contributed by atoms with van der Waals surface area (Å²) in [4.78, 5) is 21.9. The standard InChI is InChI=1S/C12H9Cl.C12H12O3S/c13-12-8-6-11(7-9-12)10-4-2-1-3-5-10;13-7-6-10(8-12(14)15)9-16-11-4-2-1-3-5-11/h1-9H;1-5,7,9H,6,8H2,(H,14,15). The lowest BCUT2D eigenvalue weighted by Crippen LogP contribution is -1.97. The lowest BCUT2D eigenvalue weighted by atomic mass is 10.1. The Morgan fingerprint density at radius 1 is 0.862 bits per heavy atom. The fourth-order valence-corrected chi connectivity index (χ4v) is 3.31. The molecule has 0 aliphatic carbocycles. The van der Waals surface area contributed by atoms with Gasteiger partial charge in [-0.15, -0.1) is 0 Å². The summed E-state index contributed by atoms with van der Waals surface area (Å²) in [5.74, 6) is -0.915. The van der Waals surface area contributed by atoms with Gasteiger partial charge in [0.2, 0.25) is 0 Å². The molecule has 0 aromatic heterocycles. The second-order valence-electron chi connectivity index (χ2n) is 6.02. The highest BCUT2D eigenvalue weighted by atomic mass is 35.5. The molecule has 0 heterocycles. The topological polar surface area (TPSA) is 54.4 Å². The molecule has 148 valence electrons. The molecule has 0 aliphatic heterocycles. The number of hydrogen-bond donors (Lipinski definition) is 1. The highest BCUT2D eigenvalue weighted by Gasteiger charge is 2.03. The smallest absolute Gasteiger partial charge is 0.307 e. The van der Waals surface area contributed by atoms with Gasteiger partial charge in [0, 0.05) is 16.3 Å². The van der Waals surface area contributed by atoms with Gasteiger partial charge in [0.25, 0.3) is 0 Å². The number of carboxylic acid groups (broad SMARTS) is 1. The van der Waals surface area contributed by atoms with Crippen molar-refractivity contribution in [1.29, 1.82) is 0 Å². The SMILES string of the molecule is Clc1ccc(-c2ccccc2)cc1.O=CCC(=CSc1ccccc1)CC(=O)O. The molecular weight excluding hydrogens is 404 g/mol. The summed E-state index contributed by atoms with van der Waals surface area (Å²) in [6, 6.07) is 27.7. The first-order chi connectivity index (χ1) is 14.1. The van der Waals surface area contributed by atoms with Crippen LogP contribution < -0.4 is 0 Å². The fraction of sp³-hybridized carbons (Fsp3) is 0.0833. The number of halogens is 1. The first-order valence-corrected chi connectivity index (χ1v) is 10.2. The summed E-state index contributed by atoms with van der Waals surface area (Å²) in [7, 11) is 0. The van der Waals surface area contributed by atoms with Gasteiger partial charge >= 0.3 is 5.97 Å². The van der Waals surface area contributed by atoms with Crippen molar-refractivity contribution in [3.8, 4) is 11.1 Å². The van der Waals surface area contributed by atoms with E-state index in [0.717, 1.165) is 16.2 Å². The molecule has 0 atom stereocenters. The van der Waals surface area contributed by atoms with Gasteiger partial charge in [-0.2, -0.15) is 0 Å². The lowest BCUT2D eigenvalue weighted by Gasteiger charge is -2.00. The third-order valence-electron chi connectivity index (χ3n) is 3.78. The minimum absolute atomic E-state index is 0.0847. The normalized spacial score (nSPS) is 10.6. The van der Waals surface area contributed by atoms with Crippen LogP contribution in [0, 0.1) is 0 Å². The fourth-order valence-electron chi connectivity index (χ4n) is 2.39. The molecule has 0 saturated carbocycles. The number of carboxylic acids is 1. The van der Waals surface area contributed by atoms with Gasteiger partial charge < -0.3 is 9.90 Å². The van der Waals surface area contributed by atoms with Crippen molar-refractivity contribution >= 4 is 35.6 Å². The van der Waals surface area contributed by atoms with E-state index < -0.39 is 5.97 Å².